The van der Waals surface area contributed by atoms with Crippen molar-refractivity contribution in [2.24, 2.45) is 4.99 Å². The van der Waals surface area contributed by atoms with Gasteiger partial charge in [-0.3, -0.25) is 0 Å². The van der Waals surface area contributed by atoms with Gasteiger partial charge in [0.1, 0.15) is 5.60 Å². The van der Waals surface area contributed by atoms with Crippen molar-refractivity contribution in [2.75, 3.05) is 26.2 Å². The molecule has 5 nitrogen and oxygen atoms in total. The first kappa shape index (κ1) is 25.7. The molecule has 7 heteroatoms. The van der Waals surface area contributed by atoms with Crippen molar-refractivity contribution in [3.63, 3.8) is 0 Å². The Morgan fingerprint density at radius 2 is 2.04 bits per heavy atom. The Hall–Kier alpha value is -0.380. The third kappa shape index (κ3) is 9.89. The van der Waals surface area contributed by atoms with Crippen LogP contribution in [0.4, 0.5) is 0 Å². The summed E-state index contributed by atoms with van der Waals surface area (Å²) in [5.41, 5.74) is -0.0104. The van der Waals surface area contributed by atoms with Gasteiger partial charge in [-0.05, 0) is 68.3 Å². The second-order valence-electron chi connectivity index (χ2n) is 7.60. The molecule has 0 aliphatic heterocycles. The third-order valence-corrected chi connectivity index (χ3v) is 5.73. The van der Waals surface area contributed by atoms with Crippen LogP contribution < -0.4 is 10.6 Å². The van der Waals surface area contributed by atoms with Gasteiger partial charge < -0.3 is 20.5 Å². The SMILES string of the molecule is CCNC(=NCC(C)(O)c1ccsc1)NCCCCCOC1CCCCC1.I. The number of halogens is 1. The number of aliphatic hydroxyl groups is 1. The number of unbranched alkanes of at least 4 members (excludes halogenated alkanes) is 2. The Balaban J connectivity index is 0.00000392. The normalized spacial score (nSPS) is 17.6. The summed E-state index contributed by atoms with van der Waals surface area (Å²) in [5.74, 6) is 0.770. The third-order valence-electron chi connectivity index (χ3n) is 5.05. The number of thiophene rings is 1. The first-order valence-corrected chi connectivity index (χ1v) is 11.4. The van der Waals surface area contributed by atoms with Gasteiger partial charge >= 0.3 is 0 Å². The van der Waals surface area contributed by atoms with Gasteiger partial charge in [-0.15, -0.1) is 24.0 Å². The standard InChI is InChI=1S/C21H37N3O2S.HI/c1-3-22-20(24-17-21(2,25)18-12-15-27-16-18)23-13-8-5-9-14-26-19-10-6-4-7-11-19;/h12,15-16,19,25H,3-11,13-14,17H2,1-2H3,(H2,22,23,24);1H. The highest BCUT2D eigenvalue weighted by atomic mass is 127. The van der Waals surface area contributed by atoms with Gasteiger partial charge in [0.2, 0.25) is 0 Å². The number of guanidine groups is 1. The minimum atomic E-state index is -0.932. The van der Waals surface area contributed by atoms with Crippen LogP contribution in [-0.2, 0) is 10.3 Å². The van der Waals surface area contributed by atoms with Crippen molar-refractivity contribution in [2.45, 2.75) is 76.9 Å². The maximum absolute atomic E-state index is 10.6. The largest absolute Gasteiger partial charge is 0.383 e. The maximum Gasteiger partial charge on any atom is 0.191 e. The predicted octanol–water partition coefficient (Wildman–Crippen LogP) is 4.65. The van der Waals surface area contributed by atoms with Crippen molar-refractivity contribution in [3.8, 4) is 0 Å². The summed E-state index contributed by atoms with van der Waals surface area (Å²) in [6.07, 6.45) is 10.4. The summed E-state index contributed by atoms with van der Waals surface area (Å²) < 4.78 is 5.98. The van der Waals surface area contributed by atoms with Gasteiger partial charge in [0.15, 0.2) is 5.96 Å². The van der Waals surface area contributed by atoms with Crippen LogP contribution >= 0.6 is 35.3 Å². The highest BCUT2D eigenvalue weighted by Crippen LogP contribution is 2.23. The summed E-state index contributed by atoms with van der Waals surface area (Å²) >= 11 is 1.59. The molecule has 1 saturated carbocycles. The van der Waals surface area contributed by atoms with Crippen LogP contribution in [0.25, 0.3) is 0 Å². The minimum Gasteiger partial charge on any atom is -0.383 e. The molecule has 3 N–H and O–H groups in total. The number of nitrogens with zero attached hydrogens (tertiary/aromatic N) is 1. The van der Waals surface area contributed by atoms with E-state index in [0.717, 1.165) is 50.5 Å². The molecule has 1 atom stereocenters. The molecule has 0 saturated heterocycles. The van der Waals surface area contributed by atoms with Gasteiger partial charge in [-0.2, -0.15) is 11.3 Å². The monoisotopic (exact) mass is 523 g/mol. The lowest BCUT2D eigenvalue weighted by Gasteiger charge is -2.22. The van der Waals surface area contributed by atoms with E-state index in [0.29, 0.717) is 12.6 Å². The minimum absolute atomic E-state index is 0. The highest BCUT2D eigenvalue weighted by molar-refractivity contribution is 14.0. The van der Waals surface area contributed by atoms with Crippen molar-refractivity contribution >= 4 is 41.3 Å². The lowest BCUT2D eigenvalue weighted by molar-refractivity contribution is 0.0264. The van der Waals surface area contributed by atoms with Crippen molar-refractivity contribution in [3.05, 3.63) is 22.4 Å². The predicted molar refractivity (Wildman–Crippen MR) is 130 cm³/mol. The summed E-state index contributed by atoms with van der Waals surface area (Å²) in [6, 6.07) is 1.95. The van der Waals surface area contributed by atoms with E-state index in [1.807, 2.05) is 23.8 Å². The summed E-state index contributed by atoms with van der Waals surface area (Å²) in [4.78, 5) is 4.56. The smallest absolute Gasteiger partial charge is 0.191 e. The second-order valence-corrected chi connectivity index (χ2v) is 8.38. The Kier molecular flexibility index (Phi) is 13.4. The summed E-state index contributed by atoms with van der Waals surface area (Å²) in [6.45, 7) is 6.79. The van der Waals surface area contributed by atoms with E-state index >= 15 is 0 Å². The molecule has 0 radical (unpaired) electrons. The molecular weight excluding hydrogens is 485 g/mol. The zero-order valence-electron chi connectivity index (χ0n) is 17.4. The van der Waals surface area contributed by atoms with Gasteiger partial charge in [-0.25, -0.2) is 4.99 Å². The van der Waals surface area contributed by atoms with Crippen LogP contribution in [0, 0.1) is 0 Å². The molecular formula is C21H38IN3O2S. The van der Waals surface area contributed by atoms with E-state index in [2.05, 4.69) is 22.5 Å². The molecule has 0 spiro atoms. The molecule has 2 rings (SSSR count). The Labute approximate surface area is 191 Å². The van der Waals surface area contributed by atoms with E-state index in [9.17, 15) is 5.11 Å². The molecule has 1 aromatic heterocycles. The van der Waals surface area contributed by atoms with Crippen molar-refractivity contribution in [1.29, 1.82) is 0 Å². The van der Waals surface area contributed by atoms with Crippen molar-refractivity contribution < 1.29 is 9.84 Å². The molecule has 1 unspecified atom stereocenters. The molecule has 162 valence electrons. The van der Waals surface area contributed by atoms with Gasteiger partial charge in [0.25, 0.3) is 0 Å². The fourth-order valence-electron chi connectivity index (χ4n) is 3.33. The average Bonchev–Trinajstić information content (AvgIpc) is 3.22. The molecule has 1 heterocycles. The van der Waals surface area contributed by atoms with Crippen LogP contribution in [0.3, 0.4) is 0 Å². The second kappa shape index (κ2) is 14.6. The zero-order chi connectivity index (χ0) is 19.4. The Morgan fingerprint density at radius 3 is 2.71 bits per heavy atom. The van der Waals surface area contributed by atoms with E-state index in [1.165, 1.54) is 32.1 Å². The van der Waals surface area contributed by atoms with E-state index in [4.69, 9.17) is 4.74 Å². The maximum atomic E-state index is 10.6. The lowest BCUT2D eigenvalue weighted by atomic mass is 9.98. The van der Waals surface area contributed by atoms with Gasteiger partial charge in [0, 0.05) is 19.7 Å². The number of ether oxygens (including phenoxy) is 1. The van der Waals surface area contributed by atoms with Crippen LogP contribution in [0.15, 0.2) is 21.8 Å². The average molecular weight is 524 g/mol. The fourth-order valence-corrected chi connectivity index (χ4v) is 4.11. The lowest BCUT2D eigenvalue weighted by Crippen LogP contribution is -2.39. The molecule has 0 amide bonds. The molecule has 0 bridgehead atoms. The number of nitrogens with one attached hydrogen (secondary N) is 2. The molecule has 1 aromatic rings. The van der Waals surface area contributed by atoms with Crippen LogP contribution in [0.1, 0.15) is 70.8 Å². The Bertz CT molecular complexity index is 532. The van der Waals surface area contributed by atoms with Crippen molar-refractivity contribution in [1.82, 2.24) is 10.6 Å². The summed E-state index contributed by atoms with van der Waals surface area (Å²) in [5, 5.41) is 21.2. The zero-order valence-corrected chi connectivity index (χ0v) is 20.6. The number of aliphatic imine (C=N–C) groups is 1. The molecule has 1 aliphatic carbocycles. The Morgan fingerprint density at radius 1 is 1.25 bits per heavy atom. The number of rotatable bonds is 11. The quantitative estimate of drug-likeness (QED) is 0.171. The molecule has 1 fully saturated rings. The molecule has 1 aliphatic rings. The van der Waals surface area contributed by atoms with Crippen LogP contribution in [0.2, 0.25) is 0 Å². The van der Waals surface area contributed by atoms with E-state index in [-0.39, 0.29) is 24.0 Å². The van der Waals surface area contributed by atoms with E-state index < -0.39 is 5.60 Å². The fraction of sp³-hybridized carbons (Fsp3) is 0.762. The molecule has 28 heavy (non-hydrogen) atoms. The first-order valence-electron chi connectivity index (χ1n) is 10.5. The number of hydrogen-bond acceptors (Lipinski definition) is 4. The number of hydrogen-bond donors (Lipinski definition) is 3. The first-order chi connectivity index (χ1) is 13.1. The topological polar surface area (TPSA) is 65.9 Å². The molecule has 0 aromatic carbocycles. The van der Waals surface area contributed by atoms with Gasteiger partial charge in [0.05, 0.1) is 12.6 Å². The van der Waals surface area contributed by atoms with E-state index in [1.54, 1.807) is 11.3 Å². The highest BCUT2D eigenvalue weighted by Gasteiger charge is 2.23. The van der Waals surface area contributed by atoms with Crippen LogP contribution in [0.5, 0.6) is 0 Å². The van der Waals surface area contributed by atoms with Gasteiger partial charge in [-0.1, -0.05) is 19.3 Å². The van der Waals surface area contributed by atoms with Crippen LogP contribution in [-0.4, -0.2) is 43.4 Å². The summed E-state index contributed by atoms with van der Waals surface area (Å²) in [7, 11) is 0.